The summed E-state index contributed by atoms with van der Waals surface area (Å²) < 4.78 is 6.05. The molecule has 5 rings (SSSR count). The number of rotatable bonds is 4. The Hall–Kier alpha value is -1.68. The first-order chi connectivity index (χ1) is 11.3. The molecule has 2 aliphatic carbocycles. The zero-order valence-corrected chi connectivity index (χ0v) is 13.7. The van der Waals surface area contributed by atoms with E-state index in [4.69, 9.17) is 9.40 Å². The molecule has 1 aliphatic heterocycles. The molecule has 2 aromatic rings. The summed E-state index contributed by atoms with van der Waals surface area (Å²) in [5, 5.41) is 0. The predicted molar refractivity (Wildman–Crippen MR) is 87.1 cm³/mol. The lowest BCUT2D eigenvalue weighted by Gasteiger charge is -2.27. The summed E-state index contributed by atoms with van der Waals surface area (Å²) in [5.41, 5.74) is 2.56. The molecule has 2 aromatic heterocycles. The van der Waals surface area contributed by atoms with Gasteiger partial charge in [-0.1, -0.05) is 6.92 Å². The largest absolute Gasteiger partial charge is 0.464 e. The molecular formula is C19H23N3O. The smallest absolute Gasteiger partial charge is 0.131 e. The van der Waals surface area contributed by atoms with Crippen LogP contribution >= 0.6 is 0 Å². The molecule has 2 fully saturated rings. The SMILES string of the molecule is CC1CC1c1ccc(CN2CCc3nc(C4CC4)ncc3C2)o1. The van der Waals surface area contributed by atoms with E-state index in [1.54, 1.807) is 0 Å². The van der Waals surface area contributed by atoms with E-state index >= 15 is 0 Å². The minimum atomic E-state index is 0.643. The number of furan rings is 1. The van der Waals surface area contributed by atoms with Crippen molar-refractivity contribution in [2.75, 3.05) is 6.54 Å². The average molecular weight is 309 g/mol. The van der Waals surface area contributed by atoms with E-state index in [1.165, 1.54) is 36.3 Å². The molecule has 2 atom stereocenters. The van der Waals surface area contributed by atoms with E-state index in [0.29, 0.717) is 11.8 Å². The van der Waals surface area contributed by atoms with Crippen LogP contribution in [0.3, 0.4) is 0 Å². The molecule has 120 valence electrons. The highest BCUT2D eigenvalue weighted by Crippen LogP contribution is 2.47. The average Bonchev–Trinajstić information content (AvgIpc) is 3.48. The van der Waals surface area contributed by atoms with Crippen molar-refractivity contribution < 1.29 is 4.42 Å². The molecule has 3 heterocycles. The molecule has 23 heavy (non-hydrogen) atoms. The topological polar surface area (TPSA) is 42.2 Å². The van der Waals surface area contributed by atoms with Crippen LogP contribution in [0, 0.1) is 5.92 Å². The Morgan fingerprint density at radius 3 is 2.96 bits per heavy atom. The normalized spacial score (nSPS) is 27.0. The van der Waals surface area contributed by atoms with Gasteiger partial charge in [0.15, 0.2) is 0 Å². The van der Waals surface area contributed by atoms with Crippen LogP contribution in [0.4, 0.5) is 0 Å². The maximum absolute atomic E-state index is 6.05. The molecule has 0 amide bonds. The summed E-state index contributed by atoms with van der Waals surface area (Å²) in [4.78, 5) is 11.8. The molecule has 0 N–H and O–H groups in total. The summed E-state index contributed by atoms with van der Waals surface area (Å²) in [5.74, 6) is 5.46. The van der Waals surface area contributed by atoms with Gasteiger partial charge in [0.05, 0.1) is 6.54 Å². The minimum Gasteiger partial charge on any atom is -0.464 e. The van der Waals surface area contributed by atoms with Gasteiger partial charge in [-0.3, -0.25) is 4.90 Å². The Labute approximate surface area is 136 Å². The molecule has 2 unspecified atom stereocenters. The van der Waals surface area contributed by atoms with Gasteiger partial charge in [0, 0.05) is 48.8 Å². The van der Waals surface area contributed by atoms with Crippen molar-refractivity contribution in [1.82, 2.24) is 14.9 Å². The van der Waals surface area contributed by atoms with Crippen molar-refractivity contribution >= 4 is 0 Å². The second kappa shape index (κ2) is 5.17. The molecule has 0 saturated heterocycles. The maximum Gasteiger partial charge on any atom is 0.131 e. The van der Waals surface area contributed by atoms with E-state index in [2.05, 4.69) is 35.1 Å². The minimum absolute atomic E-state index is 0.643. The molecule has 3 aliphatic rings. The van der Waals surface area contributed by atoms with Crippen LogP contribution in [0.5, 0.6) is 0 Å². The van der Waals surface area contributed by atoms with Crippen LogP contribution in [0.25, 0.3) is 0 Å². The molecule has 4 nitrogen and oxygen atoms in total. The molecule has 0 radical (unpaired) electrons. The van der Waals surface area contributed by atoms with E-state index < -0.39 is 0 Å². The Morgan fingerprint density at radius 2 is 2.17 bits per heavy atom. The molecule has 4 heteroatoms. The lowest BCUT2D eigenvalue weighted by molar-refractivity contribution is 0.221. The number of aromatic nitrogens is 2. The summed E-state index contributed by atoms with van der Waals surface area (Å²) in [6.07, 6.45) is 6.91. The number of hydrogen-bond acceptors (Lipinski definition) is 4. The van der Waals surface area contributed by atoms with Gasteiger partial charge in [0.25, 0.3) is 0 Å². The first-order valence-corrected chi connectivity index (χ1v) is 8.92. The van der Waals surface area contributed by atoms with Crippen molar-refractivity contribution in [3.63, 3.8) is 0 Å². The second-order valence-corrected chi connectivity index (χ2v) is 7.56. The van der Waals surface area contributed by atoms with E-state index in [-0.39, 0.29) is 0 Å². The fraction of sp³-hybridized carbons (Fsp3) is 0.579. The first kappa shape index (κ1) is 13.7. The summed E-state index contributed by atoms with van der Waals surface area (Å²) >= 11 is 0. The summed E-state index contributed by atoms with van der Waals surface area (Å²) in [7, 11) is 0. The highest BCUT2D eigenvalue weighted by atomic mass is 16.3. The van der Waals surface area contributed by atoms with Crippen LogP contribution in [-0.4, -0.2) is 21.4 Å². The molecule has 0 aromatic carbocycles. The Kier molecular flexibility index (Phi) is 3.08. The lowest BCUT2D eigenvalue weighted by Crippen LogP contribution is -2.31. The zero-order valence-electron chi connectivity index (χ0n) is 13.7. The highest BCUT2D eigenvalue weighted by molar-refractivity contribution is 5.23. The summed E-state index contributed by atoms with van der Waals surface area (Å²) in [6.45, 7) is 5.19. The molecular weight excluding hydrogens is 286 g/mol. The standard InChI is InChI=1S/C19H23N3O/c1-12-8-16(12)18-5-4-15(23-18)11-22-7-6-17-14(10-22)9-20-19(21-17)13-2-3-13/h4-5,9,12-13,16H,2-3,6-8,10-11H2,1H3. The van der Waals surface area contributed by atoms with Gasteiger partial charge in [-0.2, -0.15) is 0 Å². The van der Waals surface area contributed by atoms with Crippen LogP contribution in [0.2, 0.25) is 0 Å². The Bertz CT molecular complexity index is 734. The van der Waals surface area contributed by atoms with Crippen molar-refractivity contribution in [2.45, 2.75) is 57.5 Å². The van der Waals surface area contributed by atoms with Crippen molar-refractivity contribution in [2.24, 2.45) is 5.92 Å². The Balaban J connectivity index is 1.27. The molecule has 0 spiro atoms. The van der Waals surface area contributed by atoms with Crippen LogP contribution in [0.1, 0.15) is 66.6 Å². The fourth-order valence-electron chi connectivity index (χ4n) is 3.68. The van der Waals surface area contributed by atoms with Gasteiger partial charge < -0.3 is 4.42 Å². The maximum atomic E-state index is 6.05. The third kappa shape index (κ3) is 2.69. The molecule has 2 saturated carbocycles. The number of hydrogen-bond donors (Lipinski definition) is 0. The van der Waals surface area contributed by atoms with Gasteiger partial charge in [-0.05, 0) is 37.3 Å². The Morgan fingerprint density at radius 1 is 1.30 bits per heavy atom. The monoisotopic (exact) mass is 309 g/mol. The van der Waals surface area contributed by atoms with E-state index in [9.17, 15) is 0 Å². The number of fused-ring (bicyclic) bond motifs is 1. The van der Waals surface area contributed by atoms with Gasteiger partial charge in [0.1, 0.15) is 17.3 Å². The lowest BCUT2D eigenvalue weighted by atomic mass is 10.1. The van der Waals surface area contributed by atoms with E-state index in [1.807, 2.05) is 0 Å². The van der Waals surface area contributed by atoms with Crippen molar-refractivity contribution in [3.8, 4) is 0 Å². The number of nitrogens with zero attached hydrogens (tertiary/aromatic N) is 3. The van der Waals surface area contributed by atoms with Gasteiger partial charge in [0.2, 0.25) is 0 Å². The van der Waals surface area contributed by atoms with Crippen molar-refractivity contribution in [1.29, 1.82) is 0 Å². The predicted octanol–water partition coefficient (Wildman–Crippen LogP) is 3.63. The summed E-state index contributed by atoms with van der Waals surface area (Å²) in [6, 6.07) is 4.33. The first-order valence-electron chi connectivity index (χ1n) is 8.92. The zero-order chi connectivity index (χ0) is 15.4. The van der Waals surface area contributed by atoms with Crippen LogP contribution < -0.4 is 0 Å². The van der Waals surface area contributed by atoms with E-state index in [0.717, 1.165) is 43.6 Å². The van der Waals surface area contributed by atoms with Gasteiger partial charge in [-0.25, -0.2) is 9.97 Å². The van der Waals surface area contributed by atoms with Gasteiger partial charge >= 0.3 is 0 Å². The molecule has 0 bridgehead atoms. The van der Waals surface area contributed by atoms with Crippen molar-refractivity contribution in [3.05, 3.63) is 46.9 Å². The third-order valence-electron chi connectivity index (χ3n) is 5.51. The van der Waals surface area contributed by atoms with Crippen LogP contribution in [0.15, 0.2) is 22.7 Å². The van der Waals surface area contributed by atoms with Gasteiger partial charge in [-0.15, -0.1) is 0 Å². The third-order valence-corrected chi connectivity index (χ3v) is 5.51. The quantitative estimate of drug-likeness (QED) is 0.865. The van der Waals surface area contributed by atoms with Crippen LogP contribution in [-0.2, 0) is 19.5 Å². The second-order valence-electron chi connectivity index (χ2n) is 7.56. The fourth-order valence-corrected chi connectivity index (χ4v) is 3.68. The highest BCUT2D eigenvalue weighted by Gasteiger charge is 2.36.